The molecule has 0 bridgehead atoms. The van der Waals surface area contributed by atoms with Crippen LogP contribution in [0.4, 0.5) is 10.1 Å². The number of carboxylic acids is 1. The second-order valence-corrected chi connectivity index (χ2v) is 10.2. The summed E-state index contributed by atoms with van der Waals surface area (Å²) in [5.74, 6) is -0.982. The standard InChI is InChI=1S/C25H17Br2FN2O4S/c1-30-23(31)21(35-25(30)29-18-4-2-3-16(12-18)24(32)33)11-15-9-19(26)22(20(27)10-15)34-13-14-5-7-17(28)8-6-14/h2-12H,13H2,1H3,(H,32,33)/b21-11-,29-25?. The van der Waals surface area contributed by atoms with Crippen LogP contribution in [0.15, 0.2) is 79.5 Å². The van der Waals surface area contributed by atoms with Crippen LogP contribution in [-0.4, -0.2) is 34.1 Å². The molecule has 0 radical (unpaired) electrons. The van der Waals surface area contributed by atoms with Crippen molar-refractivity contribution in [1.82, 2.24) is 4.90 Å². The molecule has 0 spiro atoms. The third kappa shape index (κ3) is 6.01. The first-order chi connectivity index (χ1) is 16.7. The van der Waals surface area contributed by atoms with Crippen molar-refractivity contribution in [2.24, 2.45) is 4.99 Å². The molecule has 1 amide bonds. The van der Waals surface area contributed by atoms with Gasteiger partial charge in [0.1, 0.15) is 18.2 Å². The highest BCUT2D eigenvalue weighted by atomic mass is 79.9. The number of hydrogen-bond donors (Lipinski definition) is 1. The van der Waals surface area contributed by atoms with E-state index in [0.29, 0.717) is 30.5 Å². The number of aliphatic imine (C=N–C) groups is 1. The summed E-state index contributed by atoms with van der Waals surface area (Å²) in [6.45, 7) is 0.264. The highest BCUT2D eigenvalue weighted by Crippen LogP contribution is 2.38. The van der Waals surface area contributed by atoms with Crippen LogP contribution < -0.4 is 4.74 Å². The Morgan fingerprint density at radius 1 is 1.14 bits per heavy atom. The Morgan fingerprint density at radius 3 is 2.49 bits per heavy atom. The summed E-state index contributed by atoms with van der Waals surface area (Å²) < 4.78 is 20.4. The van der Waals surface area contributed by atoms with E-state index >= 15 is 0 Å². The Bertz CT molecular complexity index is 1350. The average molecular weight is 620 g/mol. The van der Waals surface area contributed by atoms with Gasteiger partial charge in [-0.3, -0.25) is 9.69 Å². The molecule has 3 aromatic rings. The number of thioether (sulfide) groups is 1. The number of benzene rings is 3. The minimum absolute atomic E-state index is 0.121. The number of ether oxygens (including phenoxy) is 1. The normalized spacial score (nSPS) is 15.8. The summed E-state index contributed by atoms with van der Waals surface area (Å²) in [6.07, 6.45) is 1.75. The summed E-state index contributed by atoms with van der Waals surface area (Å²) in [6, 6.07) is 16.0. The van der Waals surface area contributed by atoms with Crippen molar-refractivity contribution >= 4 is 72.4 Å². The molecule has 1 saturated heterocycles. The highest BCUT2D eigenvalue weighted by Gasteiger charge is 2.30. The number of hydrogen-bond acceptors (Lipinski definition) is 5. The summed E-state index contributed by atoms with van der Waals surface area (Å²) in [5, 5.41) is 9.62. The molecule has 0 aromatic heterocycles. The van der Waals surface area contributed by atoms with E-state index in [-0.39, 0.29) is 23.9 Å². The van der Waals surface area contributed by atoms with E-state index in [4.69, 9.17) is 4.74 Å². The van der Waals surface area contributed by atoms with Crippen LogP contribution in [-0.2, 0) is 11.4 Å². The van der Waals surface area contributed by atoms with Crippen molar-refractivity contribution in [2.45, 2.75) is 6.61 Å². The van der Waals surface area contributed by atoms with Gasteiger partial charge in [-0.25, -0.2) is 14.2 Å². The summed E-state index contributed by atoms with van der Waals surface area (Å²) in [4.78, 5) is 30.3. The molecule has 0 unspecified atom stereocenters. The molecule has 10 heteroatoms. The van der Waals surface area contributed by atoms with Crippen molar-refractivity contribution in [3.8, 4) is 5.75 Å². The number of amides is 1. The number of carbonyl (C=O) groups excluding carboxylic acids is 1. The van der Waals surface area contributed by atoms with Gasteiger partial charge in [-0.15, -0.1) is 0 Å². The van der Waals surface area contributed by atoms with Crippen LogP contribution >= 0.6 is 43.6 Å². The number of likely N-dealkylation sites (N-methyl/N-ethyl adjacent to an activating group) is 1. The molecular formula is C25H17Br2FN2O4S. The maximum Gasteiger partial charge on any atom is 0.335 e. The fourth-order valence-electron chi connectivity index (χ4n) is 3.16. The molecule has 1 N–H and O–H groups in total. The topological polar surface area (TPSA) is 79.2 Å². The Labute approximate surface area is 221 Å². The van der Waals surface area contributed by atoms with Crippen molar-refractivity contribution in [3.63, 3.8) is 0 Å². The van der Waals surface area contributed by atoms with E-state index in [1.54, 1.807) is 37.4 Å². The molecule has 0 aliphatic carbocycles. The molecule has 3 aromatic carbocycles. The minimum atomic E-state index is -1.04. The smallest absolute Gasteiger partial charge is 0.335 e. The van der Waals surface area contributed by atoms with Crippen molar-refractivity contribution in [3.05, 3.63) is 97.0 Å². The van der Waals surface area contributed by atoms with E-state index in [1.807, 2.05) is 12.1 Å². The monoisotopic (exact) mass is 618 g/mol. The van der Waals surface area contributed by atoms with Crippen LogP contribution in [0.1, 0.15) is 21.5 Å². The second-order valence-electron chi connectivity index (χ2n) is 7.45. The third-order valence-electron chi connectivity index (χ3n) is 4.94. The zero-order chi connectivity index (χ0) is 25.1. The van der Waals surface area contributed by atoms with E-state index in [1.165, 1.54) is 40.9 Å². The third-order valence-corrected chi connectivity index (χ3v) is 7.17. The van der Waals surface area contributed by atoms with Crippen LogP contribution in [0.25, 0.3) is 6.08 Å². The first kappa shape index (κ1) is 25.2. The van der Waals surface area contributed by atoms with Gasteiger partial charge in [0.25, 0.3) is 5.91 Å². The zero-order valence-electron chi connectivity index (χ0n) is 18.2. The quantitative estimate of drug-likeness (QED) is 0.305. The van der Waals surface area contributed by atoms with Gasteiger partial charge in [0, 0.05) is 7.05 Å². The molecule has 6 nitrogen and oxygen atoms in total. The molecule has 1 fully saturated rings. The number of carboxylic acid groups (broad SMARTS) is 1. The fraction of sp³-hybridized carbons (Fsp3) is 0.0800. The first-order valence-electron chi connectivity index (χ1n) is 10.2. The molecule has 1 aliphatic heterocycles. The van der Waals surface area contributed by atoms with Gasteiger partial charge in [0.15, 0.2) is 5.17 Å². The van der Waals surface area contributed by atoms with Crippen molar-refractivity contribution in [2.75, 3.05) is 7.05 Å². The van der Waals surface area contributed by atoms with Gasteiger partial charge >= 0.3 is 5.97 Å². The van der Waals surface area contributed by atoms with E-state index < -0.39 is 5.97 Å². The summed E-state index contributed by atoms with van der Waals surface area (Å²) in [7, 11) is 1.62. The number of carbonyl (C=O) groups is 2. The van der Waals surface area contributed by atoms with E-state index in [9.17, 15) is 19.1 Å². The number of rotatable bonds is 6. The Morgan fingerprint density at radius 2 is 1.83 bits per heavy atom. The van der Waals surface area contributed by atoms with E-state index in [2.05, 4.69) is 36.9 Å². The number of halogens is 3. The van der Waals surface area contributed by atoms with Crippen LogP contribution in [0.2, 0.25) is 0 Å². The lowest BCUT2D eigenvalue weighted by atomic mass is 10.2. The largest absolute Gasteiger partial charge is 0.487 e. The van der Waals surface area contributed by atoms with Gasteiger partial charge in [-0.2, -0.15) is 0 Å². The van der Waals surface area contributed by atoms with Crippen molar-refractivity contribution in [1.29, 1.82) is 0 Å². The minimum Gasteiger partial charge on any atom is -0.487 e. The Kier molecular flexibility index (Phi) is 7.73. The zero-order valence-corrected chi connectivity index (χ0v) is 22.2. The van der Waals surface area contributed by atoms with Crippen LogP contribution in [0, 0.1) is 5.82 Å². The lowest BCUT2D eigenvalue weighted by Crippen LogP contribution is -2.23. The molecule has 1 heterocycles. The predicted octanol–water partition coefficient (Wildman–Crippen LogP) is 6.86. The van der Waals surface area contributed by atoms with E-state index in [0.717, 1.165) is 11.1 Å². The highest BCUT2D eigenvalue weighted by molar-refractivity contribution is 9.11. The first-order valence-corrected chi connectivity index (χ1v) is 12.6. The molecule has 178 valence electrons. The number of amidine groups is 1. The Balaban J connectivity index is 1.54. The van der Waals surface area contributed by atoms with Gasteiger partial charge in [0.2, 0.25) is 0 Å². The number of nitrogens with zero attached hydrogens (tertiary/aromatic N) is 2. The summed E-state index contributed by atoms with van der Waals surface area (Å²) >= 11 is 8.23. The molecule has 35 heavy (non-hydrogen) atoms. The van der Waals surface area contributed by atoms with Gasteiger partial charge in [0.05, 0.1) is 25.1 Å². The molecule has 4 rings (SSSR count). The van der Waals surface area contributed by atoms with Crippen LogP contribution in [0.5, 0.6) is 5.75 Å². The van der Waals surface area contributed by atoms with Crippen LogP contribution in [0.3, 0.4) is 0 Å². The van der Waals surface area contributed by atoms with Gasteiger partial charge in [-0.05, 0) is 103 Å². The summed E-state index contributed by atoms with van der Waals surface area (Å²) in [5.41, 5.74) is 2.15. The molecular weight excluding hydrogens is 603 g/mol. The maximum absolute atomic E-state index is 13.1. The number of aromatic carboxylic acids is 1. The lowest BCUT2D eigenvalue weighted by molar-refractivity contribution is -0.121. The average Bonchev–Trinajstić information content (AvgIpc) is 3.07. The molecule has 0 atom stereocenters. The molecule has 1 aliphatic rings. The Hall–Kier alpha value is -2.95. The maximum atomic E-state index is 13.1. The SMILES string of the molecule is CN1C(=O)/C(=C/c2cc(Br)c(OCc3ccc(F)cc3)c(Br)c2)SC1=Nc1cccc(C(=O)O)c1. The van der Waals surface area contributed by atoms with Gasteiger partial charge in [-0.1, -0.05) is 18.2 Å². The van der Waals surface area contributed by atoms with Gasteiger partial charge < -0.3 is 9.84 Å². The molecule has 0 saturated carbocycles. The predicted molar refractivity (Wildman–Crippen MR) is 141 cm³/mol. The lowest BCUT2D eigenvalue weighted by Gasteiger charge is -2.11. The van der Waals surface area contributed by atoms with Crippen molar-refractivity contribution < 1.29 is 23.8 Å². The fourth-order valence-corrected chi connectivity index (χ4v) is 5.60. The second kappa shape index (κ2) is 10.8.